The quantitative estimate of drug-likeness (QED) is 0.721. The Labute approximate surface area is 93.3 Å². The second-order valence-electron chi connectivity index (χ2n) is 2.47. The number of pyridine rings is 1. The van der Waals surface area contributed by atoms with Crippen LogP contribution in [0.25, 0.3) is 10.4 Å². The molecule has 0 atom stereocenters. The van der Waals surface area contributed by atoms with Crippen LogP contribution in [0.5, 0.6) is 0 Å². The number of halogens is 3. The fourth-order valence-electron chi connectivity index (χ4n) is 0.973. The Balaban J connectivity index is 2.55. The van der Waals surface area contributed by atoms with Crippen molar-refractivity contribution in [2.75, 3.05) is 0 Å². The Morgan fingerprint density at radius 2 is 2.00 bits per heavy atom. The van der Waals surface area contributed by atoms with Crippen LogP contribution in [0.3, 0.4) is 0 Å². The van der Waals surface area contributed by atoms with Crippen molar-refractivity contribution in [2.45, 2.75) is 0 Å². The van der Waals surface area contributed by atoms with Crippen molar-refractivity contribution in [3.8, 4) is 10.4 Å². The van der Waals surface area contributed by atoms with Gasteiger partial charge in [0.2, 0.25) is 5.95 Å². The summed E-state index contributed by atoms with van der Waals surface area (Å²) in [5.41, 5.74) is 0.321. The summed E-state index contributed by atoms with van der Waals surface area (Å²) in [5.74, 6) is -0.574. The summed E-state index contributed by atoms with van der Waals surface area (Å²) in [4.78, 5) is 7.93. The first-order chi connectivity index (χ1) is 6.66. The SMILES string of the molecule is Fc1ncc(Cl)cc1-c1cnc(Cl)s1. The van der Waals surface area contributed by atoms with E-state index in [9.17, 15) is 4.39 Å². The standard InChI is InChI=1S/C8H3Cl2FN2S/c9-4-1-5(7(11)12-2-4)6-3-13-8(10)14-6/h1-3H. The van der Waals surface area contributed by atoms with E-state index in [1.807, 2.05) is 0 Å². The van der Waals surface area contributed by atoms with E-state index in [1.54, 1.807) is 0 Å². The minimum absolute atomic E-state index is 0.321. The van der Waals surface area contributed by atoms with E-state index >= 15 is 0 Å². The molecule has 0 saturated carbocycles. The maximum atomic E-state index is 13.2. The first kappa shape index (κ1) is 9.83. The largest absolute Gasteiger partial charge is 0.233 e. The normalized spacial score (nSPS) is 10.5. The zero-order chi connectivity index (χ0) is 10.1. The van der Waals surface area contributed by atoms with Crippen LogP contribution in [0.2, 0.25) is 9.49 Å². The molecule has 0 unspecified atom stereocenters. The first-order valence-electron chi connectivity index (χ1n) is 3.59. The molecule has 0 radical (unpaired) electrons. The number of thiazole rings is 1. The van der Waals surface area contributed by atoms with Gasteiger partial charge in [0.1, 0.15) is 0 Å². The lowest BCUT2D eigenvalue weighted by Gasteiger charge is -1.97. The van der Waals surface area contributed by atoms with Crippen LogP contribution in [0.4, 0.5) is 4.39 Å². The number of rotatable bonds is 1. The molecule has 0 bridgehead atoms. The molecule has 2 rings (SSSR count). The molecule has 0 fully saturated rings. The number of nitrogens with zero attached hydrogens (tertiary/aromatic N) is 2. The van der Waals surface area contributed by atoms with Crippen LogP contribution in [-0.4, -0.2) is 9.97 Å². The van der Waals surface area contributed by atoms with Crippen molar-refractivity contribution in [1.29, 1.82) is 0 Å². The summed E-state index contributed by atoms with van der Waals surface area (Å²) in [6.07, 6.45) is 2.74. The van der Waals surface area contributed by atoms with Gasteiger partial charge in [0.15, 0.2) is 4.47 Å². The van der Waals surface area contributed by atoms with Crippen molar-refractivity contribution in [3.05, 3.63) is 33.9 Å². The number of hydrogen-bond acceptors (Lipinski definition) is 3. The summed E-state index contributed by atoms with van der Waals surface area (Å²) in [6, 6.07) is 1.49. The highest BCUT2D eigenvalue weighted by molar-refractivity contribution is 7.18. The van der Waals surface area contributed by atoms with Crippen LogP contribution in [-0.2, 0) is 0 Å². The second kappa shape index (κ2) is 3.81. The van der Waals surface area contributed by atoms with Crippen LogP contribution in [0, 0.1) is 5.95 Å². The van der Waals surface area contributed by atoms with Gasteiger partial charge in [-0.05, 0) is 6.07 Å². The molecular weight excluding hydrogens is 246 g/mol. The van der Waals surface area contributed by atoms with Gasteiger partial charge >= 0.3 is 0 Å². The summed E-state index contributed by atoms with van der Waals surface area (Å²) in [7, 11) is 0. The van der Waals surface area contributed by atoms with Gasteiger partial charge in [-0.25, -0.2) is 9.97 Å². The summed E-state index contributed by atoms with van der Waals surface area (Å²) in [5, 5.41) is 0.380. The lowest BCUT2D eigenvalue weighted by Crippen LogP contribution is -1.86. The molecule has 2 heterocycles. The van der Waals surface area contributed by atoms with Crippen molar-refractivity contribution in [1.82, 2.24) is 9.97 Å². The van der Waals surface area contributed by atoms with E-state index in [2.05, 4.69) is 9.97 Å². The van der Waals surface area contributed by atoms with Gasteiger partial charge in [0, 0.05) is 12.4 Å². The Morgan fingerprint density at radius 1 is 1.21 bits per heavy atom. The van der Waals surface area contributed by atoms with Gasteiger partial charge in [-0.15, -0.1) is 11.3 Å². The number of hydrogen-bond donors (Lipinski definition) is 0. The molecule has 2 aromatic rings. The second-order valence-corrected chi connectivity index (χ2v) is 4.52. The van der Waals surface area contributed by atoms with Gasteiger partial charge < -0.3 is 0 Å². The summed E-state index contributed by atoms with van der Waals surface area (Å²) < 4.78 is 13.6. The molecular formula is C8H3Cl2FN2S. The topological polar surface area (TPSA) is 25.8 Å². The highest BCUT2D eigenvalue weighted by Crippen LogP contribution is 2.31. The average Bonchev–Trinajstić information content (AvgIpc) is 2.56. The molecule has 72 valence electrons. The lowest BCUT2D eigenvalue weighted by atomic mass is 10.2. The predicted octanol–water partition coefficient (Wildman–Crippen LogP) is 3.65. The van der Waals surface area contributed by atoms with Gasteiger partial charge in [0.05, 0.1) is 15.5 Å². The molecule has 0 aromatic carbocycles. The Kier molecular flexibility index (Phi) is 2.67. The van der Waals surface area contributed by atoms with E-state index in [0.717, 1.165) is 0 Å². The molecule has 0 N–H and O–H groups in total. The smallest absolute Gasteiger partial charge is 0.221 e. The average molecular weight is 249 g/mol. The molecule has 0 spiro atoms. The summed E-state index contributed by atoms with van der Waals surface area (Å²) >= 11 is 12.5. The Hall–Kier alpha value is -0.710. The lowest BCUT2D eigenvalue weighted by molar-refractivity contribution is 0.588. The van der Waals surface area contributed by atoms with Gasteiger partial charge in [0.25, 0.3) is 0 Å². The third-order valence-corrected chi connectivity index (χ3v) is 2.90. The van der Waals surface area contributed by atoms with Gasteiger partial charge in [-0.1, -0.05) is 23.2 Å². The highest BCUT2D eigenvalue weighted by Gasteiger charge is 2.10. The molecule has 0 aliphatic rings. The van der Waals surface area contributed by atoms with E-state index in [1.165, 1.54) is 29.8 Å². The fraction of sp³-hybridized carbons (Fsp3) is 0. The number of aromatic nitrogens is 2. The van der Waals surface area contributed by atoms with Crippen molar-refractivity contribution < 1.29 is 4.39 Å². The van der Waals surface area contributed by atoms with E-state index in [-0.39, 0.29) is 0 Å². The zero-order valence-corrected chi connectivity index (χ0v) is 9.00. The zero-order valence-electron chi connectivity index (χ0n) is 6.67. The highest BCUT2D eigenvalue weighted by atomic mass is 35.5. The maximum absolute atomic E-state index is 13.2. The molecule has 0 saturated heterocycles. The Bertz CT molecular complexity index is 472. The van der Waals surface area contributed by atoms with Gasteiger partial charge in [-0.2, -0.15) is 4.39 Å². The monoisotopic (exact) mass is 248 g/mol. The molecule has 14 heavy (non-hydrogen) atoms. The summed E-state index contributed by atoms with van der Waals surface area (Å²) in [6.45, 7) is 0. The first-order valence-corrected chi connectivity index (χ1v) is 5.17. The fourth-order valence-corrected chi connectivity index (χ4v) is 2.07. The Morgan fingerprint density at radius 3 is 2.64 bits per heavy atom. The molecule has 0 aliphatic carbocycles. The molecule has 2 nitrogen and oxygen atoms in total. The van der Waals surface area contributed by atoms with E-state index < -0.39 is 5.95 Å². The third kappa shape index (κ3) is 1.87. The van der Waals surface area contributed by atoms with Crippen molar-refractivity contribution in [2.24, 2.45) is 0 Å². The van der Waals surface area contributed by atoms with E-state index in [0.29, 0.717) is 19.9 Å². The molecule has 0 amide bonds. The minimum Gasteiger partial charge on any atom is -0.233 e. The minimum atomic E-state index is -0.574. The van der Waals surface area contributed by atoms with Gasteiger partial charge in [-0.3, -0.25) is 0 Å². The van der Waals surface area contributed by atoms with Crippen LogP contribution in [0.1, 0.15) is 0 Å². The molecule has 0 aliphatic heterocycles. The van der Waals surface area contributed by atoms with Crippen molar-refractivity contribution >= 4 is 34.5 Å². The van der Waals surface area contributed by atoms with E-state index in [4.69, 9.17) is 23.2 Å². The van der Waals surface area contributed by atoms with Crippen LogP contribution >= 0.6 is 34.5 Å². The van der Waals surface area contributed by atoms with Crippen molar-refractivity contribution in [3.63, 3.8) is 0 Å². The molecule has 6 heteroatoms. The molecule has 2 aromatic heterocycles. The third-order valence-electron chi connectivity index (χ3n) is 1.55. The van der Waals surface area contributed by atoms with Crippen LogP contribution < -0.4 is 0 Å². The maximum Gasteiger partial charge on any atom is 0.221 e. The van der Waals surface area contributed by atoms with Crippen LogP contribution in [0.15, 0.2) is 18.5 Å². The predicted molar refractivity (Wildman–Crippen MR) is 55.3 cm³/mol.